The summed E-state index contributed by atoms with van der Waals surface area (Å²) in [5.41, 5.74) is -2.04. The summed E-state index contributed by atoms with van der Waals surface area (Å²) in [5, 5.41) is 12.8. The number of carbonyl (C=O) groups is 2. The van der Waals surface area contributed by atoms with Gasteiger partial charge in [0.05, 0.1) is 11.7 Å². The van der Waals surface area contributed by atoms with Gasteiger partial charge in [0.2, 0.25) is 5.43 Å². The molecule has 0 radical (unpaired) electrons. The Labute approximate surface area is 195 Å². The van der Waals surface area contributed by atoms with Crippen molar-refractivity contribution in [1.82, 2.24) is 9.88 Å². The molecular weight excluding hydrogens is 470 g/mol. The van der Waals surface area contributed by atoms with Crippen molar-refractivity contribution in [2.24, 2.45) is 0 Å². The molecule has 180 valence electrons. The monoisotopic (exact) mass is 487 g/mol. The number of fused-ring (bicyclic) bond motifs is 6. The van der Waals surface area contributed by atoms with E-state index in [1.54, 1.807) is 6.07 Å². The van der Waals surface area contributed by atoms with Crippen molar-refractivity contribution in [2.45, 2.75) is 25.4 Å². The maximum atomic E-state index is 14.6. The second-order valence-electron chi connectivity index (χ2n) is 8.36. The van der Waals surface area contributed by atoms with Crippen LogP contribution in [0.4, 0.5) is 23.2 Å². The molecule has 3 heterocycles. The standard InChI is InChI=1S/C24H17F4N3O4/c25-12-6-17(27)14(18(28)7-12)8-29-23(34)15-10-30-13-5-4-11-2-1-3-16(26)19(11)31(9-13)24(35)20(30)22(33)21(15)32/h1-3,6-7,10,13,33H,4-5,8-9H2,(H,29,34). The van der Waals surface area contributed by atoms with E-state index < -0.39 is 70.0 Å². The molecule has 11 heteroatoms. The van der Waals surface area contributed by atoms with Crippen LogP contribution in [-0.4, -0.2) is 28.0 Å². The van der Waals surface area contributed by atoms with Gasteiger partial charge >= 0.3 is 0 Å². The van der Waals surface area contributed by atoms with Gasteiger partial charge in [-0.2, -0.15) is 0 Å². The Morgan fingerprint density at radius 2 is 1.80 bits per heavy atom. The molecular formula is C24H17F4N3O4. The summed E-state index contributed by atoms with van der Waals surface area (Å²) in [6.07, 6.45) is 1.93. The van der Waals surface area contributed by atoms with Crippen LogP contribution in [0, 0.1) is 23.3 Å². The van der Waals surface area contributed by atoms with Gasteiger partial charge in [0.1, 0.15) is 28.8 Å². The molecule has 1 unspecified atom stereocenters. The molecule has 7 nitrogen and oxygen atoms in total. The number of nitrogens with zero attached hydrogens (tertiary/aromatic N) is 2. The van der Waals surface area contributed by atoms with Crippen LogP contribution in [0.1, 0.15) is 44.4 Å². The van der Waals surface area contributed by atoms with E-state index in [0.29, 0.717) is 30.5 Å². The van der Waals surface area contributed by atoms with Crippen molar-refractivity contribution in [3.8, 4) is 5.75 Å². The number of carbonyl (C=O) groups excluding carboxylic acids is 2. The van der Waals surface area contributed by atoms with Crippen LogP contribution in [0.5, 0.6) is 5.75 Å². The lowest BCUT2D eigenvalue weighted by Crippen LogP contribution is -2.45. The van der Waals surface area contributed by atoms with Crippen LogP contribution in [0.25, 0.3) is 0 Å². The summed E-state index contributed by atoms with van der Waals surface area (Å²) in [4.78, 5) is 39.8. The third-order valence-electron chi connectivity index (χ3n) is 6.31. The number of pyridine rings is 1. The van der Waals surface area contributed by atoms with E-state index in [-0.39, 0.29) is 17.9 Å². The first-order valence-electron chi connectivity index (χ1n) is 10.7. The van der Waals surface area contributed by atoms with Gasteiger partial charge in [0, 0.05) is 37.0 Å². The third kappa shape index (κ3) is 3.63. The Hall–Kier alpha value is -4.15. The second-order valence-corrected chi connectivity index (χ2v) is 8.36. The van der Waals surface area contributed by atoms with Gasteiger partial charge in [-0.25, -0.2) is 17.6 Å². The van der Waals surface area contributed by atoms with Crippen molar-refractivity contribution < 1.29 is 32.3 Å². The topological polar surface area (TPSA) is 91.6 Å². The van der Waals surface area contributed by atoms with Crippen molar-refractivity contribution in [2.75, 3.05) is 11.4 Å². The average Bonchev–Trinajstić information content (AvgIpc) is 2.97. The zero-order valence-electron chi connectivity index (χ0n) is 17.9. The number of nitrogens with one attached hydrogen (secondary N) is 1. The number of halogens is 4. The molecule has 1 aromatic heterocycles. The number of aromatic hydroxyl groups is 1. The van der Waals surface area contributed by atoms with Crippen molar-refractivity contribution in [3.63, 3.8) is 0 Å². The fourth-order valence-electron chi connectivity index (χ4n) is 4.60. The van der Waals surface area contributed by atoms with E-state index in [0.717, 1.165) is 6.20 Å². The van der Waals surface area contributed by atoms with Crippen LogP contribution >= 0.6 is 0 Å². The van der Waals surface area contributed by atoms with Crippen LogP contribution in [0.15, 0.2) is 41.3 Å². The molecule has 0 saturated heterocycles. The largest absolute Gasteiger partial charge is 0.503 e. The molecule has 1 atom stereocenters. The molecule has 35 heavy (non-hydrogen) atoms. The zero-order valence-corrected chi connectivity index (χ0v) is 17.9. The number of para-hydroxylation sites is 1. The molecule has 0 spiro atoms. The smallest absolute Gasteiger partial charge is 0.279 e. The summed E-state index contributed by atoms with van der Waals surface area (Å²) in [7, 11) is 0. The number of aryl methyl sites for hydroxylation is 1. The first-order chi connectivity index (χ1) is 16.7. The lowest BCUT2D eigenvalue weighted by molar-refractivity contribution is 0.0928. The molecule has 2 aliphatic heterocycles. The van der Waals surface area contributed by atoms with Gasteiger partial charge in [-0.3, -0.25) is 14.4 Å². The molecule has 0 aliphatic carbocycles. The van der Waals surface area contributed by atoms with Crippen LogP contribution in [-0.2, 0) is 13.0 Å². The number of amides is 2. The minimum Gasteiger partial charge on any atom is -0.503 e. The molecule has 0 saturated carbocycles. The van der Waals surface area contributed by atoms with Gasteiger partial charge in [0.15, 0.2) is 11.4 Å². The van der Waals surface area contributed by atoms with E-state index in [4.69, 9.17) is 0 Å². The van der Waals surface area contributed by atoms with E-state index in [2.05, 4.69) is 5.32 Å². The molecule has 2 N–H and O–H groups in total. The van der Waals surface area contributed by atoms with Crippen molar-refractivity contribution in [1.29, 1.82) is 0 Å². The third-order valence-corrected chi connectivity index (χ3v) is 6.31. The first-order valence-corrected chi connectivity index (χ1v) is 10.7. The van der Waals surface area contributed by atoms with Crippen LogP contribution in [0.3, 0.4) is 0 Å². The number of hydrogen-bond acceptors (Lipinski definition) is 4. The average molecular weight is 487 g/mol. The number of aromatic nitrogens is 1. The second kappa shape index (κ2) is 8.26. The first kappa shape index (κ1) is 22.6. The lowest BCUT2D eigenvalue weighted by Gasteiger charge is -2.35. The van der Waals surface area contributed by atoms with Gasteiger partial charge < -0.3 is 19.9 Å². The van der Waals surface area contributed by atoms with Gasteiger partial charge in [-0.1, -0.05) is 12.1 Å². The minimum absolute atomic E-state index is 0.0507. The Kier molecular flexibility index (Phi) is 5.34. The van der Waals surface area contributed by atoms with Crippen LogP contribution in [0.2, 0.25) is 0 Å². The highest BCUT2D eigenvalue weighted by molar-refractivity contribution is 6.08. The normalized spacial score (nSPS) is 16.4. The SMILES string of the molecule is O=C(NCc1c(F)cc(F)cc1F)c1cn2c(c(O)c1=O)C(=O)N1CC2CCc2cccc(F)c21. The van der Waals surface area contributed by atoms with Gasteiger partial charge in [-0.15, -0.1) is 0 Å². The summed E-state index contributed by atoms with van der Waals surface area (Å²) in [6.45, 7) is -0.640. The highest BCUT2D eigenvalue weighted by Gasteiger charge is 2.39. The summed E-state index contributed by atoms with van der Waals surface area (Å²) < 4.78 is 56.8. The fraction of sp³-hybridized carbons (Fsp3) is 0.208. The van der Waals surface area contributed by atoms with E-state index in [1.807, 2.05) is 0 Å². The Balaban J connectivity index is 1.51. The molecule has 0 fully saturated rings. The summed E-state index contributed by atoms with van der Waals surface area (Å²) >= 11 is 0. The number of hydrogen-bond donors (Lipinski definition) is 2. The summed E-state index contributed by atoms with van der Waals surface area (Å²) in [6, 6.07) is 4.85. The lowest BCUT2D eigenvalue weighted by atomic mass is 10.0. The summed E-state index contributed by atoms with van der Waals surface area (Å²) in [5.74, 6) is -7.02. The predicted molar refractivity (Wildman–Crippen MR) is 115 cm³/mol. The van der Waals surface area contributed by atoms with E-state index in [9.17, 15) is 37.1 Å². The predicted octanol–water partition coefficient (Wildman–Crippen LogP) is 3.19. The Morgan fingerprint density at radius 3 is 2.51 bits per heavy atom. The van der Waals surface area contributed by atoms with Crippen LogP contribution < -0.4 is 15.6 Å². The molecule has 2 bridgehead atoms. The molecule has 5 rings (SSSR count). The molecule has 3 aromatic rings. The van der Waals surface area contributed by atoms with E-state index >= 15 is 0 Å². The maximum Gasteiger partial charge on any atom is 0.279 e. The Bertz CT molecular complexity index is 1450. The van der Waals surface area contributed by atoms with Gasteiger partial charge in [-0.05, 0) is 24.5 Å². The zero-order chi connectivity index (χ0) is 25.0. The highest BCUT2D eigenvalue weighted by Crippen LogP contribution is 2.38. The maximum absolute atomic E-state index is 14.6. The minimum atomic E-state index is -1.22. The fourth-order valence-corrected chi connectivity index (χ4v) is 4.60. The quantitative estimate of drug-likeness (QED) is 0.556. The Morgan fingerprint density at radius 1 is 1.09 bits per heavy atom. The van der Waals surface area contributed by atoms with Crippen molar-refractivity contribution >= 4 is 17.5 Å². The molecule has 2 aliphatic rings. The highest BCUT2D eigenvalue weighted by atomic mass is 19.1. The molecule has 2 aromatic carbocycles. The number of rotatable bonds is 3. The van der Waals surface area contributed by atoms with Crippen molar-refractivity contribution in [3.05, 3.63) is 92.4 Å². The number of benzene rings is 2. The number of anilines is 1. The molecule has 2 amide bonds. The van der Waals surface area contributed by atoms with Gasteiger partial charge in [0.25, 0.3) is 11.8 Å². The van der Waals surface area contributed by atoms with E-state index in [1.165, 1.54) is 21.6 Å².